The Kier molecular flexibility index (Phi) is 5480. The average Bonchev–Trinajstić information content (AvgIpc) is 0. The Bertz CT molecular complexity index is 8.49. The standard InChI is InChI=1S/BrH.6H2O.Sr/h1H;6*1H2;/q;;;;;;;+2/p-1. The summed E-state index contributed by atoms with van der Waals surface area (Å²) in [5.74, 6) is 0. The van der Waals surface area contributed by atoms with Gasteiger partial charge in [-0.1, -0.05) is 0 Å². The normalized spacial score (nSPS) is 0. The van der Waals surface area contributed by atoms with Crippen molar-refractivity contribution in [1.29, 1.82) is 0 Å². The largest absolute Gasteiger partial charge is 2.00 e. The molecular formula is H12BrO6Sr+. The van der Waals surface area contributed by atoms with E-state index in [1.54, 1.807) is 0 Å². The van der Waals surface area contributed by atoms with Crippen LogP contribution in [-0.4, -0.2) is 78.3 Å². The molecular weight excluding hydrogens is 264 g/mol. The van der Waals surface area contributed by atoms with Crippen molar-refractivity contribution >= 4 is 45.5 Å². The fraction of sp³-hybridized carbons (Fsp3) is 0. The topological polar surface area (TPSA) is 189 Å². The molecule has 0 spiro atoms. The second-order valence-electron chi connectivity index (χ2n) is 0. The van der Waals surface area contributed by atoms with E-state index in [0.29, 0.717) is 0 Å². The summed E-state index contributed by atoms with van der Waals surface area (Å²) < 4.78 is 0. The fourth-order valence-electron chi connectivity index (χ4n) is 0. The van der Waals surface area contributed by atoms with Crippen molar-refractivity contribution in [3.05, 3.63) is 0 Å². The van der Waals surface area contributed by atoms with Gasteiger partial charge in [-0.05, 0) is 0 Å². The van der Waals surface area contributed by atoms with Crippen LogP contribution in [0, 0.1) is 0 Å². The number of halogens is 1. The molecule has 0 rings (SSSR count). The minimum atomic E-state index is 0. The van der Waals surface area contributed by atoms with Crippen LogP contribution in [0.3, 0.4) is 0 Å². The number of hydrogen-bond acceptors (Lipinski definition) is 0. The summed E-state index contributed by atoms with van der Waals surface area (Å²) in [6.07, 6.45) is 0. The van der Waals surface area contributed by atoms with Crippen LogP contribution in [0.1, 0.15) is 0 Å². The number of rotatable bonds is 0. The van der Waals surface area contributed by atoms with Crippen LogP contribution in [0.5, 0.6) is 0 Å². The van der Waals surface area contributed by atoms with Gasteiger partial charge in [0, 0.05) is 0 Å². The monoisotopic (exact) mass is 275 g/mol. The van der Waals surface area contributed by atoms with E-state index in [2.05, 4.69) is 0 Å². The maximum Gasteiger partial charge on any atom is 2.00 e. The molecule has 0 unspecified atom stereocenters. The summed E-state index contributed by atoms with van der Waals surface area (Å²) in [6, 6.07) is 0. The summed E-state index contributed by atoms with van der Waals surface area (Å²) in [4.78, 5) is 0. The molecule has 0 saturated heterocycles. The second kappa shape index (κ2) is 176. The molecule has 0 amide bonds. The van der Waals surface area contributed by atoms with Gasteiger partial charge in [-0.15, -0.1) is 0 Å². The average molecular weight is 276 g/mol. The molecule has 0 heterocycles. The van der Waals surface area contributed by atoms with Crippen LogP contribution in [0.15, 0.2) is 0 Å². The van der Waals surface area contributed by atoms with Gasteiger partial charge in [0.2, 0.25) is 0 Å². The molecule has 0 fully saturated rings. The molecule has 0 bridgehead atoms. The molecule has 8 heteroatoms. The van der Waals surface area contributed by atoms with Crippen molar-refractivity contribution in [3.63, 3.8) is 0 Å². The third-order valence-corrected chi connectivity index (χ3v) is 0. The first-order valence-electron chi connectivity index (χ1n) is 0. The van der Waals surface area contributed by atoms with E-state index in [4.69, 9.17) is 0 Å². The zero-order valence-corrected chi connectivity index (χ0v) is 9.15. The van der Waals surface area contributed by atoms with Crippen LogP contribution in [0.4, 0.5) is 0 Å². The fourth-order valence-corrected chi connectivity index (χ4v) is 0. The van der Waals surface area contributed by atoms with Gasteiger partial charge in [0.25, 0.3) is 0 Å². The quantitative estimate of drug-likeness (QED) is 0.380. The van der Waals surface area contributed by atoms with Crippen LogP contribution in [-0.2, 0) is 0 Å². The Hall–Kier alpha value is 1.72. The van der Waals surface area contributed by atoms with Gasteiger partial charge in [-0.3, -0.25) is 0 Å². The Balaban J connectivity index is 0. The van der Waals surface area contributed by atoms with E-state index in [9.17, 15) is 0 Å². The van der Waals surface area contributed by atoms with Gasteiger partial charge < -0.3 is 49.8 Å². The van der Waals surface area contributed by atoms with Gasteiger partial charge >= 0.3 is 45.5 Å². The Labute approximate surface area is 94.2 Å². The summed E-state index contributed by atoms with van der Waals surface area (Å²) in [7, 11) is 0. The predicted octanol–water partition coefficient (Wildman–Crippen LogP) is -8.32. The van der Waals surface area contributed by atoms with Crippen molar-refractivity contribution in [3.8, 4) is 0 Å². The summed E-state index contributed by atoms with van der Waals surface area (Å²) >= 11 is 0. The van der Waals surface area contributed by atoms with E-state index in [1.807, 2.05) is 0 Å². The molecule has 0 aliphatic heterocycles. The molecule has 6 nitrogen and oxygen atoms in total. The maximum absolute atomic E-state index is 0. The van der Waals surface area contributed by atoms with Gasteiger partial charge in [0.15, 0.2) is 0 Å². The molecule has 0 aliphatic rings. The summed E-state index contributed by atoms with van der Waals surface area (Å²) in [5, 5.41) is 0. The van der Waals surface area contributed by atoms with Gasteiger partial charge in [0.1, 0.15) is 0 Å². The van der Waals surface area contributed by atoms with Crippen LogP contribution in [0.25, 0.3) is 0 Å². The minimum Gasteiger partial charge on any atom is -1.00 e. The van der Waals surface area contributed by atoms with E-state index < -0.39 is 0 Å². The van der Waals surface area contributed by atoms with Gasteiger partial charge in [-0.25, -0.2) is 0 Å². The van der Waals surface area contributed by atoms with Gasteiger partial charge in [0.05, 0.1) is 0 Å². The summed E-state index contributed by atoms with van der Waals surface area (Å²) in [5.41, 5.74) is 0. The van der Waals surface area contributed by atoms with Crippen LogP contribution < -0.4 is 17.0 Å². The van der Waals surface area contributed by atoms with Crippen molar-refractivity contribution in [1.82, 2.24) is 0 Å². The zero-order chi connectivity index (χ0) is 0. The molecule has 0 saturated carbocycles. The van der Waals surface area contributed by atoms with Crippen molar-refractivity contribution in [2.24, 2.45) is 0 Å². The third kappa shape index (κ3) is 118. The second-order valence-corrected chi connectivity index (χ2v) is 0. The van der Waals surface area contributed by atoms with Crippen molar-refractivity contribution < 1.29 is 49.8 Å². The van der Waals surface area contributed by atoms with Crippen LogP contribution >= 0.6 is 0 Å². The van der Waals surface area contributed by atoms with E-state index in [0.717, 1.165) is 0 Å². The number of hydrogen-bond donors (Lipinski definition) is 0. The Morgan fingerprint density at radius 1 is 0.375 bits per heavy atom. The molecule has 0 aliphatic carbocycles. The van der Waals surface area contributed by atoms with Gasteiger partial charge in [-0.2, -0.15) is 0 Å². The predicted molar refractivity (Wildman–Crippen MR) is 27.4 cm³/mol. The third-order valence-electron chi connectivity index (χ3n) is 0. The SMILES string of the molecule is O.O.O.O.O.O.[Br-].[Sr+2]. The Morgan fingerprint density at radius 2 is 0.375 bits per heavy atom. The molecule has 0 aromatic heterocycles. The molecule has 56 valence electrons. The first-order chi connectivity index (χ1) is 0. The molecule has 0 radical (unpaired) electrons. The first kappa shape index (κ1) is 250. The maximum atomic E-state index is 0. The summed E-state index contributed by atoms with van der Waals surface area (Å²) in [6.45, 7) is 0. The zero-order valence-electron chi connectivity index (χ0n) is 4.09. The van der Waals surface area contributed by atoms with E-state index in [1.165, 1.54) is 0 Å². The van der Waals surface area contributed by atoms with Crippen LogP contribution in [0.2, 0.25) is 0 Å². The van der Waals surface area contributed by atoms with Crippen molar-refractivity contribution in [2.45, 2.75) is 0 Å². The molecule has 8 heavy (non-hydrogen) atoms. The smallest absolute Gasteiger partial charge is 1.00 e. The molecule has 12 N–H and O–H groups in total. The molecule has 0 aromatic rings. The molecule has 0 atom stereocenters. The minimum absolute atomic E-state index is 0. The molecule has 0 aromatic carbocycles. The van der Waals surface area contributed by atoms with E-state index >= 15 is 0 Å². The Morgan fingerprint density at radius 3 is 0.375 bits per heavy atom. The van der Waals surface area contributed by atoms with E-state index in [-0.39, 0.29) is 95.3 Å². The van der Waals surface area contributed by atoms with Crippen molar-refractivity contribution in [2.75, 3.05) is 0 Å². The first-order valence-corrected chi connectivity index (χ1v) is 0.